The van der Waals surface area contributed by atoms with Crippen LogP contribution in [0.4, 0.5) is 0 Å². The Balaban J connectivity index is 2.21. The molecular weight excluding hydrogens is 248 g/mol. The van der Waals surface area contributed by atoms with E-state index in [1.165, 1.54) is 20.9 Å². The SMILES string of the molecule is C=C(C)/C=C\C(=C)c1ccc(-c2ccc(C)cc2)s1. The van der Waals surface area contributed by atoms with Gasteiger partial charge in [-0.15, -0.1) is 11.3 Å². The maximum absolute atomic E-state index is 4.10. The maximum atomic E-state index is 4.10. The van der Waals surface area contributed by atoms with Crippen molar-refractivity contribution in [1.82, 2.24) is 0 Å². The van der Waals surface area contributed by atoms with E-state index in [9.17, 15) is 0 Å². The highest BCUT2D eigenvalue weighted by atomic mass is 32.1. The quantitative estimate of drug-likeness (QED) is 0.607. The van der Waals surface area contributed by atoms with Gasteiger partial charge >= 0.3 is 0 Å². The van der Waals surface area contributed by atoms with Crippen LogP contribution < -0.4 is 0 Å². The van der Waals surface area contributed by atoms with Gasteiger partial charge in [0.05, 0.1) is 0 Å². The third-order valence-electron chi connectivity index (χ3n) is 2.83. The van der Waals surface area contributed by atoms with Gasteiger partial charge in [-0.1, -0.05) is 60.7 Å². The summed E-state index contributed by atoms with van der Waals surface area (Å²) >= 11 is 1.77. The van der Waals surface area contributed by atoms with E-state index >= 15 is 0 Å². The first-order valence-corrected chi connectivity index (χ1v) is 7.07. The summed E-state index contributed by atoms with van der Waals surface area (Å²) in [7, 11) is 0. The second-order valence-electron chi connectivity index (χ2n) is 4.73. The molecule has 0 aliphatic carbocycles. The normalized spacial score (nSPS) is 10.8. The van der Waals surface area contributed by atoms with E-state index in [2.05, 4.69) is 56.5 Å². The molecule has 0 nitrogen and oxygen atoms in total. The van der Waals surface area contributed by atoms with Crippen LogP contribution in [0.3, 0.4) is 0 Å². The molecule has 2 aromatic rings. The fourth-order valence-electron chi connectivity index (χ4n) is 1.71. The summed E-state index contributed by atoms with van der Waals surface area (Å²) < 4.78 is 0. The first-order chi connectivity index (χ1) is 9.06. The highest BCUT2D eigenvalue weighted by Crippen LogP contribution is 2.32. The molecule has 0 fully saturated rings. The summed E-state index contributed by atoms with van der Waals surface area (Å²) in [5, 5.41) is 0. The minimum Gasteiger partial charge on any atom is -0.135 e. The lowest BCUT2D eigenvalue weighted by Crippen LogP contribution is -1.73. The van der Waals surface area contributed by atoms with E-state index in [4.69, 9.17) is 0 Å². The molecule has 0 atom stereocenters. The molecule has 96 valence electrons. The topological polar surface area (TPSA) is 0 Å². The minimum absolute atomic E-state index is 1.03. The zero-order valence-electron chi connectivity index (χ0n) is 11.4. The van der Waals surface area contributed by atoms with Crippen molar-refractivity contribution in [2.75, 3.05) is 0 Å². The van der Waals surface area contributed by atoms with Gasteiger partial charge in [-0.25, -0.2) is 0 Å². The Bertz CT molecular complexity index is 624. The summed E-state index contributed by atoms with van der Waals surface area (Å²) in [4.78, 5) is 2.48. The van der Waals surface area contributed by atoms with Gasteiger partial charge in [-0.2, -0.15) is 0 Å². The summed E-state index contributed by atoms with van der Waals surface area (Å²) in [6, 6.07) is 12.9. The van der Waals surface area contributed by atoms with Crippen LogP contribution in [-0.4, -0.2) is 0 Å². The molecule has 0 unspecified atom stereocenters. The van der Waals surface area contributed by atoms with E-state index in [-0.39, 0.29) is 0 Å². The van der Waals surface area contributed by atoms with Crippen molar-refractivity contribution in [3.63, 3.8) is 0 Å². The largest absolute Gasteiger partial charge is 0.135 e. The summed E-state index contributed by atoms with van der Waals surface area (Å²) in [6.45, 7) is 12.0. The van der Waals surface area contributed by atoms with Gasteiger partial charge < -0.3 is 0 Å². The van der Waals surface area contributed by atoms with E-state index in [1.54, 1.807) is 11.3 Å². The van der Waals surface area contributed by atoms with Crippen LogP contribution in [-0.2, 0) is 0 Å². The number of hydrogen-bond donors (Lipinski definition) is 0. The average Bonchev–Trinajstić information content (AvgIpc) is 2.86. The van der Waals surface area contributed by atoms with E-state index < -0.39 is 0 Å². The van der Waals surface area contributed by atoms with Crippen molar-refractivity contribution in [3.05, 3.63) is 77.7 Å². The Morgan fingerprint density at radius 3 is 2.32 bits per heavy atom. The van der Waals surface area contributed by atoms with E-state index in [0.717, 1.165) is 11.1 Å². The average molecular weight is 266 g/mol. The molecule has 1 heteroatoms. The van der Waals surface area contributed by atoms with Crippen LogP contribution in [0.15, 0.2) is 67.3 Å². The number of benzene rings is 1. The minimum atomic E-state index is 1.03. The molecule has 1 aromatic heterocycles. The third kappa shape index (κ3) is 3.55. The molecule has 0 bridgehead atoms. The number of aryl methyl sites for hydroxylation is 1. The maximum Gasteiger partial charge on any atom is 0.0349 e. The lowest BCUT2D eigenvalue weighted by Gasteiger charge is -1.98. The predicted octanol–water partition coefficient (Wildman–Crippen LogP) is 5.87. The fourth-order valence-corrected chi connectivity index (χ4v) is 2.67. The van der Waals surface area contributed by atoms with Crippen LogP contribution in [0.2, 0.25) is 0 Å². The van der Waals surface area contributed by atoms with Gasteiger partial charge in [0, 0.05) is 9.75 Å². The molecular formula is C18H18S. The Morgan fingerprint density at radius 1 is 1.00 bits per heavy atom. The van der Waals surface area contributed by atoms with E-state index in [1.807, 2.05) is 19.1 Å². The van der Waals surface area contributed by atoms with E-state index in [0.29, 0.717) is 0 Å². The molecule has 0 aliphatic rings. The number of rotatable bonds is 4. The lowest BCUT2D eigenvalue weighted by molar-refractivity contribution is 1.48. The fraction of sp³-hybridized carbons (Fsp3) is 0.111. The molecule has 0 saturated carbocycles. The van der Waals surface area contributed by atoms with Crippen LogP contribution in [0.25, 0.3) is 16.0 Å². The molecule has 19 heavy (non-hydrogen) atoms. The van der Waals surface area contributed by atoms with Gasteiger partial charge in [0.2, 0.25) is 0 Å². The first-order valence-electron chi connectivity index (χ1n) is 6.26. The lowest BCUT2D eigenvalue weighted by atomic mass is 10.1. The van der Waals surface area contributed by atoms with Crippen molar-refractivity contribution in [3.8, 4) is 10.4 Å². The van der Waals surface area contributed by atoms with Gasteiger partial charge in [0.25, 0.3) is 0 Å². The highest BCUT2D eigenvalue weighted by Gasteiger charge is 2.03. The van der Waals surface area contributed by atoms with Crippen molar-refractivity contribution < 1.29 is 0 Å². The predicted molar refractivity (Wildman–Crippen MR) is 87.5 cm³/mol. The molecule has 1 aromatic carbocycles. The van der Waals surface area contributed by atoms with Gasteiger partial charge in [0.15, 0.2) is 0 Å². The van der Waals surface area contributed by atoms with Crippen LogP contribution in [0.5, 0.6) is 0 Å². The Morgan fingerprint density at radius 2 is 1.68 bits per heavy atom. The Hall–Kier alpha value is -1.86. The second kappa shape index (κ2) is 5.85. The number of hydrogen-bond acceptors (Lipinski definition) is 1. The summed E-state index contributed by atoms with van der Waals surface area (Å²) in [5.74, 6) is 0. The summed E-state index contributed by atoms with van der Waals surface area (Å²) in [5.41, 5.74) is 4.62. The standard InChI is InChI=1S/C18H18S/c1-13(2)5-8-15(4)17-11-12-18(19-17)16-9-6-14(3)7-10-16/h5-12H,1,4H2,2-3H3/b8-5-. The second-order valence-corrected chi connectivity index (χ2v) is 5.82. The van der Waals surface area contributed by atoms with Gasteiger partial charge in [0.1, 0.15) is 0 Å². The smallest absolute Gasteiger partial charge is 0.0349 e. The summed E-state index contributed by atoms with van der Waals surface area (Å²) in [6.07, 6.45) is 4.01. The molecule has 2 rings (SSSR count). The van der Waals surface area contributed by atoms with Crippen LogP contribution in [0, 0.1) is 6.92 Å². The number of allylic oxidation sites excluding steroid dienone is 4. The zero-order valence-corrected chi connectivity index (χ0v) is 12.3. The highest BCUT2D eigenvalue weighted by molar-refractivity contribution is 7.16. The molecule has 0 spiro atoms. The van der Waals surface area contributed by atoms with Crippen LogP contribution >= 0.6 is 11.3 Å². The van der Waals surface area contributed by atoms with Crippen molar-refractivity contribution in [2.45, 2.75) is 13.8 Å². The third-order valence-corrected chi connectivity index (χ3v) is 4.04. The van der Waals surface area contributed by atoms with Gasteiger partial charge in [-0.3, -0.25) is 0 Å². The molecule has 0 aliphatic heterocycles. The van der Waals surface area contributed by atoms with Crippen molar-refractivity contribution >= 4 is 16.9 Å². The number of thiophene rings is 1. The van der Waals surface area contributed by atoms with Crippen molar-refractivity contribution in [2.24, 2.45) is 0 Å². The van der Waals surface area contributed by atoms with Crippen molar-refractivity contribution in [1.29, 1.82) is 0 Å². The Kier molecular flexibility index (Phi) is 4.18. The molecule has 0 radical (unpaired) electrons. The first kappa shape index (κ1) is 13.6. The monoisotopic (exact) mass is 266 g/mol. The molecule has 0 saturated heterocycles. The molecule has 0 N–H and O–H groups in total. The molecule has 1 heterocycles. The Labute approximate surface area is 119 Å². The van der Waals surface area contributed by atoms with Gasteiger partial charge in [-0.05, 0) is 37.1 Å². The van der Waals surface area contributed by atoms with Crippen LogP contribution in [0.1, 0.15) is 17.4 Å². The molecule has 0 amide bonds. The zero-order chi connectivity index (χ0) is 13.8.